The van der Waals surface area contributed by atoms with Crippen LogP contribution in [0, 0.1) is 0 Å². The van der Waals surface area contributed by atoms with Crippen LogP contribution in [0.15, 0.2) is 4.34 Å². The van der Waals surface area contributed by atoms with Gasteiger partial charge in [-0.1, -0.05) is 11.3 Å². The van der Waals surface area contributed by atoms with E-state index in [4.69, 9.17) is 10.2 Å². The molecule has 0 bridgehead atoms. The maximum Gasteiger partial charge on any atom is 0.372 e. The first kappa shape index (κ1) is 9.23. The van der Waals surface area contributed by atoms with Gasteiger partial charge in [0, 0.05) is 11.8 Å². The van der Waals surface area contributed by atoms with Crippen molar-refractivity contribution in [3.63, 3.8) is 0 Å². The highest BCUT2D eigenvalue weighted by atomic mass is 32.2. The van der Waals surface area contributed by atoms with Crippen LogP contribution in [0.2, 0.25) is 0 Å². The molecule has 8 heteroatoms. The summed E-state index contributed by atoms with van der Waals surface area (Å²) in [4.78, 5) is 10.2. The number of nitrogens with zero attached hydrogens (tertiary/aromatic N) is 2. The fourth-order valence-electron chi connectivity index (χ4n) is 0.465. The molecule has 0 unspecified atom stereocenters. The predicted octanol–water partition coefficient (Wildman–Crippen LogP) is 0.670. The summed E-state index contributed by atoms with van der Waals surface area (Å²) in [6.07, 6.45) is 0. The number of nitrogens with one attached hydrogen (secondary N) is 1. The van der Waals surface area contributed by atoms with E-state index in [0.717, 1.165) is 11.3 Å². The molecule has 6 nitrogen and oxygen atoms in total. The molecule has 1 aromatic rings. The Balaban J connectivity index is 2.58. The van der Waals surface area contributed by atoms with Gasteiger partial charge in [-0.2, -0.15) is 0 Å². The number of aromatic nitrogens is 2. The number of anilines is 1. The Morgan fingerprint density at radius 2 is 2.42 bits per heavy atom. The Morgan fingerprint density at radius 1 is 1.67 bits per heavy atom. The van der Waals surface area contributed by atoms with Crippen LogP contribution < -0.4 is 5.32 Å². The maximum absolute atomic E-state index is 10.2. The number of carboxylic acid groups (broad SMARTS) is 1. The van der Waals surface area contributed by atoms with Gasteiger partial charge in [-0.25, -0.2) is 4.79 Å². The summed E-state index contributed by atoms with van der Waals surface area (Å²) in [5.41, 5.74) is 0. The zero-order valence-electron chi connectivity index (χ0n) is 5.72. The molecule has 0 atom stereocenters. The molecule has 0 fully saturated rings. The monoisotopic (exact) mass is 207 g/mol. The first-order valence-corrected chi connectivity index (χ1v) is 4.44. The average molecular weight is 207 g/mol. The van der Waals surface area contributed by atoms with Gasteiger partial charge in [-0.15, -0.1) is 10.2 Å². The number of hydrogen-bond acceptors (Lipinski definition) is 7. The lowest BCUT2D eigenvalue weighted by atomic mass is 11.1. The van der Waals surface area contributed by atoms with E-state index in [1.165, 1.54) is 0 Å². The molecule has 1 rings (SSSR count). The average Bonchev–Trinajstić information content (AvgIpc) is 2.36. The maximum atomic E-state index is 10.2. The van der Waals surface area contributed by atoms with Crippen molar-refractivity contribution in [2.75, 3.05) is 12.0 Å². The van der Waals surface area contributed by atoms with E-state index in [9.17, 15) is 4.79 Å². The van der Waals surface area contributed by atoms with Gasteiger partial charge in [0.25, 0.3) is 0 Å². The van der Waals surface area contributed by atoms with Crippen LogP contribution >= 0.6 is 23.1 Å². The Hall–Kier alpha value is -0.860. The Kier molecular flexibility index (Phi) is 3.26. The van der Waals surface area contributed by atoms with E-state index >= 15 is 0 Å². The van der Waals surface area contributed by atoms with Gasteiger partial charge in [0.15, 0.2) is 4.34 Å². The number of rotatable bonds is 3. The second-order valence-electron chi connectivity index (χ2n) is 1.58. The molecule has 0 spiro atoms. The van der Waals surface area contributed by atoms with Crippen LogP contribution in [-0.2, 0) is 0 Å². The molecular formula is C4H5N3O3S2. The molecule has 1 aromatic heterocycles. The molecule has 0 aromatic carbocycles. The molecule has 0 aliphatic carbocycles. The smallest absolute Gasteiger partial charge is 0.372 e. The minimum absolute atomic E-state index is 0.244. The lowest BCUT2D eigenvalue weighted by Gasteiger charge is -1.90. The topological polar surface area (TPSA) is 95.3 Å². The van der Waals surface area contributed by atoms with Crippen molar-refractivity contribution >= 4 is 33.5 Å². The van der Waals surface area contributed by atoms with Crippen LogP contribution in [0.5, 0.6) is 0 Å². The van der Waals surface area contributed by atoms with E-state index in [1.54, 1.807) is 0 Å². The summed E-state index contributed by atoms with van der Waals surface area (Å²) in [5.74, 6) is 0. The van der Waals surface area contributed by atoms with Crippen molar-refractivity contribution in [2.45, 2.75) is 4.34 Å². The van der Waals surface area contributed by atoms with Gasteiger partial charge < -0.3 is 15.5 Å². The highest BCUT2D eigenvalue weighted by molar-refractivity contribution is 8.14. The quantitative estimate of drug-likeness (QED) is 0.495. The zero-order chi connectivity index (χ0) is 8.97. The number of aliphatic hydroxyl groups excluding tert-OH is 1. The Morgan fingerprint density at radius 3 is 3.00 bits per heavy atom. The summed E-state index contributed by atoms with van der Waals surface area (Å²) in [5, 5.41) is 25.8. The summed E-state index contributed by atoms with van der Waals surface area (Å²) >= 11 is 1.66. The van der Waals surface area contributed by atoms with Crippen LogP contribution in [0.3, 0.4) is 0 Å². The number of hydrogen-bond donors (Lipinski definition) is 3. The molecule has 3 N–H and O–H groups in total. The van der Waals surface area contributed by atoms with Crippen LogP contribution in [0.25, 0.3) is 0 Å². The SMILES string of the molecule is O=C(O)Sc1nnc(NCO)s1. The molecule has 0 saturated carbocycles. The highest BCUT2D eigenvalue weighted by Gasteiger charge is 2.07. The van der Waals surface area contributed by atoms with Gasteiger partial charge in [-0.05, 0) is 0 Å². The lowest BCUT2D eigenvalue weighted by Crippen LogP contribution is -1.97. The lowest BCUT2D eigenvalue weighted by molar-refractivity contribution is 0.222. The fraction of sp³-hybridized carbons (Fsp3) is 0.250. The second-order valence-corrected chi connectivity index (χ2v) is 3.75. The fourth-order valence-corrected chi connectivity index (χ4v) is 1.78. The van der Waals surface area contributed by atoms with Gasteiger partial charge in [-0.3, -0.25) is 0 Å². The third-order valence-corrected chi connectivity index (χ3v) is 2.42. The third-order valence-electron chi connectivity index (χ3n) is 0.811. The summed E-state index contributed by atoms with van der Waals surface area (Å²) in [6, 6.07) is 0. The van der Waals surface area contributed by atoms with E-state index in [2.05, 4.69) is 15.5 Å². The first-order valence-electron chi connectivity index (χ1n) is 2.81. The van der Waals surface area contributed by atoms with Crippen LogP contribution in [-0.4, -0.2) is 32.4 Å². The molecule has 0 aliphatic heterocycles. The normalized spacial score (nSPS) is 9.75. The van der Waals surface area contributed by atoms with Crippen molar-refractivity contribution in [1.82, 2.24) is 10.2 Å². The van der Waals surface area contributed by atoms with Gasteiger partial charge in [0.2, 0.25) is 5.13 Å². The number of thioether (sulfide) groups is 1. The van der Waals surface area contributed by atoms with E-state index < -0.39 is 5.30 Å². The van der Waals surface area contributed by atoms with E-state index in [0.29, 0.717) is 21.2 Å². The third kappa shape index (κ3) is 2.64. The van der Waals surface area contributed by atoms with Crippen LogP contribution in [0.4, 0.5) is 9.93 Å². The minimum atomic E-state index is -1.03. The Labute approximate surface area is 75.6 Å². The van der Waals surface area contributed by atoms with Crippen LogP contribution in [0.1, 0.15) is 0 Å². The van der Waals surface area contributed by atoms with Crippen molar-refractivity contribution in [1.29, 1.82) is 0 Å². The highest BCUT2D eigenvalue weighted by Crippen LogP contribution is 2.25. The molecule has 0 saturated heterocycles. The minimum Gasteiger partial charge on any atom is -0.473 e. The molecular weight excluding hydrogens is 202 g/mol. The van der Waals surface area contributed by atoms with Gasteiger partial charge >= 0.3 is 5.30 Å². The van der Waals surface area contributed by atoms with Gasteiger partial charge in [0.1, 0.15) is 6.73 Å². The standard InChI is InChI=1S/C4H5N3O3S2/c8-1-5-2-6-7-3(11-2)12-4(9)10/h8H,1H2,(H,5,6)(H,9,10). The molecule has 66 valence electrons. The van der Waals surface area contributed by atoms with Gasteiger partial charge in [0.05, 0.1) is 0 Å². The molecule has 1 heterocycles. The molecule has 0 radical (unpaired) electrons. The molecule has 0 amide bonds. The van der Waals surface area contributed by atoms with E-state index in [1.807, 2.05) is 0 Å². The zero-order valence-corrected chi connectivity index (χ0v) is 7.35. The molecule has 12 heavy (non-hydrogen) atoms. The largest absolute Gasteiger partial charge is 0.473 e. The first-order chi connectivity index (χ1) is 5.72. The Bertz CT molecular complexity index is 276. The summed E-state index contributed by atoms with van der Waals surface area (Å²) in [6.45, 7) is -0.244. The second kappa shape index (κ2) is 4.24. The number of aliphatic hydroxyl groups is 1. The number of carbonyl (C=O) groups is 1. The summed E-state index contributed by atoms with van der Waals surface area (Å²) in [7, 11) is 0. The predicted molar refractivity (Wildman–Crippen MR) is 44.5 cm³/mol. The van der Waals surface area contributed by atoms with E-state index in [-0.39, 0.29) is 6.73 Å². The van der Waals surface area contributed by atoms with Crippen molar-refractivity contribution in [3.05, 3.63) is 0 Å². The summed E-state index contributed by atoms with van der Waals surface area (Å²) < 4.78 is 0.332. The molecule has 0 aliphatic rings. The van der Waals surface area contributed by atoms with Crippen molar-refractivity contribution in [3.8, 4) is 0 Å². The van der Waals surface area contributed by atoms with Crippen molar-refractivity contribution in [2.24, 2.45) is 0 Å². The van der Waals surface area contributed by atoms with Crippen molar-refractivity contribution < 1.29 is 15.0 Å².